The Hall–Kier alpha value is -3.15. The molecule has 0 aliphatic carbocycles. The van der Waals surface area contributed by atoms with Gasteiger partial charge in [-0.1, -0.05) is 42.0 Å². The molecule has 2 unspecified atom stereocenters. The normalized spacial score (nSPS) is 12.7. The van der Waals surface area contributed by atoms with Gasteiger partial charge in [-0.2, -0.15) is 0 Å². The minimum atomic E-state index is -0.900. The maximum absolute atomic E-state index is 12.4. The first-order chi connectivity index (χ1) is 12.8. The van der Waals surface area contributed by atoms with E-state index in [1.807, 2.05) is 31.2 Å². The second-order valence-electron chi connectivity index (χ2n) is 6.60. The standard InChI is InChI=1S/C21H24N2O4/c1-13-4-6-17(7-5-13)19(22-15(3)24)12-20(25)23-18-10-8-16(9-11-18)14(2)21(26)27/h4-11,14,19H,12H2,1-3H3,(H,22,24)(H,23,25)(H,26,27). The van der Waals surface area contributed by atoms with E-state index >= 15 is 0 Å². The molecule has 0 aliphatic rings. The van der Waals surface area contributed by atoms with Crippen LogP contribution in [0.1, 0.15) is 48.9 Å². The molecular formula is C21H24N2O4. The number of carboxylic acid groups (broad SMARTS) is 1. The molecule has 2 aromatic carbocycles. The number of carboxylic acids is 1. The number of carbonyl (C=O) groups is 3. The molecule has 2 atom stereocenters. The number of nitrogens with one attached hydrogen (secondary N) is 2. The van der Waals surface area contributed by atoms with Crippen molar-refractivity contribution in [1.82, 2.24) is 5.32 Å². The largest absolute Gasteiger partial charge is 0.481 e. The smallest absolute Gasteiger partial charge is 0.310 e. The lowest BCUT2D eigenvalue weighted by Gasteiger charge is -2.18. The lowest BCUT2D eigenvalue weighted by atomic mass is 10.0. The van der Waals surface area contributed by atoms with Gasteiger partial charge in [0.05, 0.1) is 18.4 Å². The van der Waals surface area contributed by atoms with Crippen LogP contribution in [-0.4, -0.2) is 22.9 Å². The molecule has 27 heavy (non-hydrogen) atoms. The molecule has 6 heteroatoms. The molecule has 2 rings (SSSR count). The van der Waals surface area contributed by atoms with Crippen molar-refractivity contribution in [3.63, 3.8) is 0 Å². The molecule has 2 amide bonds. The van der Waals surface area contributed by atoms with Crippen LogP contribution in [0.2, 0.25) is 0 Å². The Bertz CT molecular complexity index is 813. The number of benzene rings is 2. The van der Waals surface area contributed by atoms with Gasteiger partial charge in [0.2, 0.25) is 11.8 Å². The average molecular weight is 368 g/mol. The Balaban J connectivity index is 2.05. The maximum atomic E-state index is 12.4. The van der Waals surface area contributed by atoms with E-state index in [4.69, 9.17) is 5.11 Å². The second kappa shape index (κ2) is 8.98. The highest BCUT2D eigenvalue weighted by Crippen LogP contribution is 2.21. The fourth-order valence-electron chi connectivity index (χ4n) is 2.69. The van der Waals surface area contributed by atoms with E-state index in [1.165, 1.54) is 6.92 Å². The Morgan fingerprint density at radius 2 is 1.52 bits per heavy atom. The molecule has 0 saturated heterocycles. The Labute approximate surface area is 158 Å². The predicted octanol–water partition coefficient (Wildman–Crippen LogP) is 3.39. The van der Waals surface area contributed by atoms with Crippen LogP contribution >= 0.6 is 0 Å². The quantitative estimate of drug-likeness (QED) is 0.698. The highest BCUT2D eigenvalue weighted by atomic mass is 16.4. The third kappa shape index (κ3) is 5.95. The van der Waals surface area contributed by atoms with Crippen molar-refractivity contribution in [2.45, 2.75) is 39.2 Å². The lowest BCUT2D eigenvalue weighted by Crippen LogP contribution is -2.29. The van der Waals surface area contributed by atoms with E-state index in [0.717, 1.165) is 11.1 Å². The van der Waals surface area contributed by atoms with E-state index in [-0.39, 0.29) is 18.2 Å². The van der Waals surface area contributed by atoms with Gasteiger partial charge in [-0.3, -0.25) is 14.4 Å². The van der Waals surface area contributed by atoms with Gasteiger partial charge in [0.15, 0.2) is 0 Å². The number of amides is 2. The Morgan fingerprint density at radius 3 is 2.04 bits per heavy atom. The van der Waals surface area contributed by atoms with Gasteiger partial charge >= 0.3 is 5.97 Å². The Morgan fingerprint density at radius 1 is 0.963 bits per heavy atom. The molecule has 3 N–H and O–H groups in total. The molecule has 0 fully saturated rings. The third-order valence-corrected chi connectivity index (χ3v) is 4.31. The molecule has 0 spiro atoms. The van der Waals surface area contributed by atoms with E-state index in [2.05, 4.69) is 10.6 Å². The average Bonchev–Trinajstić information content (AvgIpc) is 2.61. The highest BCUT2D eigenvalue weighted by molar-refractivity contribution is 5.91. The van der Waals surface area contributed by atoms with E-state index in [9.17, 15) is 14.4 Å². The zero-order valence-electron chi connectivity index (χ0n) is 15.7. The van der Waals surface area contributed by atoms with Crippen LogP contribution in [0.15, 0.2) is 48.5 Å². The van der Waals surface area contributed by atoms with Gasteiger partial charge < -0.3 is 15.7 Å². The molecule has 0 heterocycles. The van der Waals surface area contributed by atoms with Crippen LogP contribution in [0.3, 0.4) is 0 Å². The predicted molar refractivity (Wildman–Crippen MR) is 103 cm³/mol. The van der Waals surface area contributed by atoms with Crippen molar-refractivity contribution in [2.24, 2.45) is 0 Å². The summed E-state index contributed by atoms with van der Waals surface area (Å²) in [6.45, 7) is 5.00. The topological polar surface area (TPSA) is 95.5 Å². The summed E-state index contributed by atoms with van der Waals surface area (Å²) in [6.07, 6.45) is 0.0932. The first-order valence-corrected chi connectivity index (χ1v) is 8.72. The summed E-state index contributed by atoms with van der Waals surface area (Å²) in [4.78, 5) is 34.9. The molecule has 0 radical (unpaired) electrons. The molecule has 142 valence electrons. The fourth-order valence-corrected chi connectivity index (χ4v) is 2.69. The van der Waals surface area contributed by atoms with Crippen LogP contribution in [0.25, 0.3) is 0 Å². The molecule has 0 saturated carbocycles. The molecule has 0 bridgehead atoms. The molecule has 0 aromatic heterocycles. The lowest BCUT2D eigenvalue weighted by molar-refractivity contribution is -0.138. The van der Waals surface area contributed by atoms with Crippen molar-refractivity contribution in [3.05, 3.63) is 65.2 Å². The van der Waals surface area contributed by atoms with Crippen molar-refractivity contribution >= 4 is 23.5 Å². The van der Waals surface area contributed by atoms with Gasteiger partial charge in [-0.25, -0.2) is 0 Å². The first-order valence-electron chi connectivity index (χ1n) is 8.72. The highest BCUT2D eigenvalue weighted by Gasteiger charge is 2.18. The number of anilines is 1. The van der Waals surface area contributed by atoms with Crippen LogP contribution in [0.4, 0.5) is 5.69 Å². The zero-order valence-corrected chi connectivity index (χ0v) is 15.7. The summed E-state index contributed by atoms with van der Waals surface area (Å²) in [5.74, 6) is -1.96. The van der Waals surface area contributed by atoms with Gasteiger partial charge in [0, 0.05) is 12.6 Å². The van der Waals surface area contributed by atoms with Crippen molar-refractivity contribution in [1.29, 1.82) is 0 Å². The fraction of sp³-hybridized carbons (Fsp3) is 0.286. The number of aryl methyl sites for hydroxylation is 1. The van der Waals surface area contributed by atoms with Gasteiger partial charge in [-0.05, 0) is 37.1 Å². The summed E-state index contributed by atoms with van der Waals surface area (Å²) in [7, 11) is 0. The van der Waals surface area contributed by atoms with Crippen molar-refractivity contribution in [2.75, 3.05) is 5.32 Å². The minimum absolute atomic E-state index is 0.0932. The van der Waals surface area contributed by atoms with Gasteiger partial charge in [0.1, 0.15) is 0 Å². The number of rotatable bonds is 7. The van der Waals surface area contributed by atoms with Crippen LogP contribution in [-0.2, 0) is 14.4 Å². The van der Waals surface area contributed by atoms with Crippen LogP contribution < -0.4 is 10.6 Å². The van der Waals surface area contributed by atoms with Crippen molar-refractivity contribution < 1.29 is 19.5 Å². The summed E-state index contributed by atoms with van der Waals surface area (Å²) in [5.41, 5.74) is 3.19. The monoisotopic (exact) mass is 368 g/mol. The molecule has 0 aliphatic heterocycles. The number of hydrogen-bond donors (Lipinski definition) is 3. The summed E-state index contributed by atoms with van der Waals surface area (Å²) in [5, 5.41) is 14.6. The Kier molecular flexibility index (Phi) is 6.71. The van der Waals surface area contributed by atoms with Gasteiger partial charge in [-0.15, -0.1) is 0 Å². The van der Waals surface area contributed by atoms with E-state index in [0.29, 0.717) is 11.3 Å². The second-order valence-corrected chi connectivity index (χ2v) is 6.60. The number of hydrogen-bond acceptors (Lipinski definition) is 3. The summed E-state index contributed by atoms with van der Waals surface area (Å²) < 4.78 is 0. The maximum Gasteiger partial charge on any atom is 0.310 e. The molecule has 6 nitrogen and oxygen atoms in total. The first kappa shape index (κ1) is 20.2. The van der Waals surface area contributed by atoms with E-state index < -0.39 is 17.9 Å². The summed E-state index contributed by atoms with van der Waals surface area (Å²) >= 11 is 0. The van der Waals surface area contributed by atoms with Crippen LogP contribution in [0, 0.1) is 6.92 Å². The summed E-state index contributed by atoms with van der Waals surface area (Å²) in [6, 6.07) is 13.9. The zero-order chi connectivity index (χ0) is 20.0. The van der Waals surface area contributed by atoms with Gasteiger partial charge in [0.25, 0.3) is 0 Å². The van der Waals surface area contributed by atoms with Crippen molar-refractivity contribution in [3.8, 4) is 0 Å². The number of carbonyl (C=O) groups excluding carboxylic acids is 2. The minimum Gasteiger partial charge on any atom is -0.481 e. The SMILES string of the molecule is CC(=O)NC(CC(=O)Nc1ccc(C(C)C(=O)O)cc1)c1ccc(C)cc1. The molecule has 2 aromatic rings. The third-order valence-electron chi connectivity index (χ3n) is 4.31. The number of aliphatic carboxylic acids is 1. The van der Waals surface area contributed by atoms with Crippen LogP contribution in [0.5, 0.6) is 0 Å². The molecular weight excluding hydrogens is 344 g/mol. The van der Waals surface area contributed by atoms with E-state index in [1.54, 1.807) is 31.2 Å².